The summed E-state index contributed by atoms with van der Waals surface area (Å²) < 4.78 is 5.32. The van der Waals surface area contributed by atoms with Crippen molar-refractivity contribution in [3.05, 3.63) is 0 Å². The molecule has 0 heterocycles. The van der Waals surface area contributed by atoms with E-state index in [9.17, 15) is 0 Å². The van der Waals surface area contributed by atoms with Crippen molar-refractivity contribution < 1.29 is 4.74 Å². The summed E-state index contributed by atoms with van der Waals surface area (Å²) in [5.41, 5.74) is 0. The standard InChI is InChI=1S/C16H34N2O/c1-5-17-16-11-9-7-8-10-15(16)12-18(6-2)14(3)13-19-4/h14-17H,5-13H2,1-4H3. The van der Waals surface area contributed by atoms with Gasteiger partial charge in [-0.3, -0.25) is 4.90 Å². The van der Waals surface area contributed by atoms with E-state index in [0.717, 1.165) is 31.7 Å². The van der Waals surface area contributed by atoms with Crippen LogP contribution < -0.4 is 5.32 Å². The quantitative estimate of drug-likeness (QED) is 0.686. The lowest BCUT2D eigenvalue weighted by atomic mass is 9.93. The first-order chi connectivity index (χ1) is 9.22. The summed E-state index contributed by atoms with van der Waals surface area (Å²) in [5, 5.41) is 3.72. The molecule has 1 rings (SSSR count). The van der Waals surface area contributed by atoms with Crippen LogP contribution in [0.5, 0.6) is 0 Å². The zero-order chi connectivity index (χ0) is 14.1. The van der Waals surface area contributed by atoms with Crippen molar-refractivity contribution in [3.63, 3.8) is 0 Å². The second kappa shape index (κ2) is 9.73. The Kier molecular flexibility index (Phi) is 8.67. The molecular weight excluding hydrogens is 236 g/mol. The van der Waals surface area contributed by atoms with Crippen LogP contribution >= 0.6 is 0 Å². The number of rotatable bonds is 8. The maximum atomic E-state index is 5.32. The number of nitrogens with one attached hydrogen (secondary N) is 1. The molecule has 114 valence electrons. The first-order valence-corrected chi connectivity index (χ1v) is 8.19. The van der Waals surface area contributed by atoms with Gasteiger partial charge in [-0.05, 0) is 38.8 Å². The molecule has 1 aliphatic rings. The average Bonchev–Trinajstić information content (AvgIpc) is 2.62. The minimum absolute atomic E-state index is 0.528. The van der Waals surface area contributed by atoms with Gasteiger partial charge in [-0.15, -0.1) is 0 Å². The van der Waals surface area contributed by atoms with Crippen LogP contribution in [0.25, 0.3) is 0 Å². The Bertz CT molecular complexity index is 223. The summed E-state index contributed by atoms with van der Waals surface area (Å²) >= 11 is 0. The number of likely N-dealkylation sites (N-methyl/N-ethyl adjacent to an activating group) is 1. The van der Waals surface area contributed by atoms with E-state index in [0.29, 0.717) is 6.04 Å². The number of methoxy groups -OCH3 is 1. The smallest absolute Gasteiger partial charge is 0.0615 e. The maximum Gasteiger partial charge on any atom is 0.0615 e. The van der Waals surface area contributed by atoms with Crippen LogP contribution in [-0.2, 0) is 4.74 Å². The first kappa shape index (κ1) is 16.9. The lowest BCUT2D eigenvalue weighted by Gasteiger charge is -2.34. The van der Waals surface area contributed by atoms with E-state index in [4.69, 9.17) is 4.74 Å². The number of hydrogen-bond acceptors (Lipinski definition) is 3. The normalized spacial score (nSPS) is 26.4. The van der Waals surface area contributed by atoms with E-state index in [2.05, 4.69) is 31.0 Å². The topological polar surface area (TPSA) is 24.5 Å². The highest BCUT2D eigenvalue weighted by Crippen LogP contribution is 2.25. The fraction of sp³-hybridized carbons (Fsp3) is 1.00. The second-order valence-corrected chi connectivity index (χ2v) is 5.95. The van der Waals surface area contributed by atoms with Crippen LogP contribution in [0, 0.1) is 5.92 Å². The van der Waals surface area contributed by atoms with Crippen LogP contribution in [0.4, 0.5) is 0 Å². The number of hydrogen-bond donors (Lipinski definition) is 1. The van der Waals surface area contributed by atoms with E-state index < -0.39 is 0 Å². The SMILES string of the molecule is CCNC1CCCCCC1CN(CC)C(C)COC. The van der Waals surface area contributed by atoms with Gasteiger partial charge in [0.05, 0.1) is 6.61 Å². The summed E-state index contributed by atoms with van der Waals surface area (Å²) in [6.45, 7) is 11.1. The Hall–Kier alpha value is -0.120. The van der Waals surface area contributed by atoms with E-state index >= 15 is 0 Å². The fourth-order valence-corrected chi connectivity index (χ4v) is 3.40. The molecule has 1 fully saturated rings. The van der Waals surface area contributed by atoms with E-state index in [-0.39, 0.29) is 0 Å². The summed E-state index contributed by atoms with van der Waals surface area (Å²) in [6, 6.07) is 1.25. The second-order valence-electron chi connectivity index (χ2n) is 5.95. The molecule has 0 aromatic rings. The van der Waals surface area contributed by atoms with Gasteiger partial charge in [-0.1, -0.05) is 33.1 Å². The molecule has 3 nitrogen and oxygen atoms in total. The van der Waals surface area contributed by atoms with Crippen molar-refractivity contribution in [1.82, 2.24) is 10.2 Å². The van der Waals surface area contributed by atoms with Gasteiger partial charge in [0.2, 0.25) is 0 Å². The third kappa shape index (κ3) is 5.80. The highest BCUT2D eigenvalue weighted by molar-refractivity contribution is 4.82. The van der Waals surface area contributed by atoms with E-state index in [1.54, 1.807) is 7.11 Å². The molecule has 3 unspecified atom stereocenters. The average molecular weight is 270 g/mol. The van der Waals surface area contributed by atoms with Gasteiger partial charge in [0, 0.05) is 25.7 Å². The highest BCUT2D eigenvalue weighted by atomic mass is 16.5. The molecule has 0 radical (unpaired) electrons. The summed E-state index contributed by atoms with van der Waals surface area (Å²) in [5.74, 6) is 0.807. The van der Waals surface area contributed by atoms with Crippen molar-refractivity contribution in [2.24, 2.45) is 5.92 Å². The van der Waals surface area contributed by atoms with E-state index in [1.165, 1.54) is 38.6 Å². The minimum atomic E-state index is 0.528. The van der Waals surface area contributed by atoms with Crippen LogP contribution in [-0.4, -0.2) is 50.3 Å². The molecule has 1 saturated carbocycles. The Morgan fingerprint density at radius 2 is 1.95 bits per heavy atom. The lowest BCUT2D eigenvalue weighted by molar-refractivity contribution is 0.0845. The van der Waals surface area contributed by atoms with Crippen LogP contribution in [0.2, 0.25) is 0 Å². The fourth-order valence-electron chi connectivity index (χ4n) is 3.40. The minimum Gasteiger partial charge on any atom is -0.383 e. The number of ether oxygens (including phenoxy) is 1. The molecule has 1 aliphatic carbocycles. The van der Waals surface area contributed by atoms with Crippen molar-refractivity contribution in [2.45, 2.75) is 65.0 Å². The van der Waals surface area contributed by atoms with Gasteiger partial charge in [0.1, 0.15) is 0 Å². The monoisotopic (exact) mass is 270 g/mol. The molecule has 3 atom stereocenters. The molecule has 3 heteroatoms. The van der Waals surface area contributed by atoms with Crippen LogP contribution in [0.1, 0.15) is 52.9 Å². The predicted molar refractivity (Wildman–Crippen MR) is 82.6 cm³/mol. The third-order valence-corrected chi connectivity index (χ3v) is 4.53. The lowest BCUT2D eigenvalue weighted by Crippen LogP contribution is -2.45. The molecule has 0 spiro atoms. The largest absolute Gasteiger partial charge is 0.383 e. The Morgan fingerprint density at radius 3 is 2.58 bits per heavy atom. The predicted octanol–water partition coefficient (Wildman–Crippen LogP) is 2.90. The van der Waals surface area contributed by atoms with Gasteiger partial charge >= 0.3 is 0 Å². The third-order valence-electron chi connectivity index (χ3n) is 4.53. The number of nitrogens with zero attached hydrogens (tertiary/aromatic N) is 1. The van der Waals surface area contributed by atoms with E-state index in [1.807, 2.05) is 0 Å². The van der Waals surface area contributed by atoms with Gasteiger partial charge in [-0.25, -0.2) is 0 Å². The zero-order valence-corrected chi connectivity index (χ0v) is 13.5. The molecule has 0 saturated heterocycles. The van der Waals surface area contributed by atoms with Gasteiger partial charge in [-0.2, -0.15) is 0 Å². The van der Waals surface area contributed by atoms with Crippen molar-refractivity contribution in [3.8, 4) is 0 Å². The van der Waals surface area contributed by atoms with Crippen molar-refractivity contribution in [2.75, 3.05) is 33.4 Å². The van der Waals surface area contributed by atoms with Gasteiger partial charge in [0.15, 0.2) is 0 Å². The summed E-state index contributed by atoms with van der Waals surface area (Å²) in [7, 11) is 1.80. The molecule has 19 heavy (non-hydrogen) atoms. The van der Waals surface area contributed by atoms with Crippen LogP contribution in [0.3, 0.4) is 0 Å². The highest BCUT2D eigenvalue weighted by Gasteiger charge is 2.26. The Labute approximate surface area is 120 Å². The van der Waals surface area contributed by atoms with Crippen molar-refractivity contribution >= 4 is 0 Å². The molecular formula is C16H34N2O. The van der Waals surface area contributed by atoms with Crippen LogP contribution in [0.15, 0.2) is 0 Å². The molecule has 0 amide bonds. The molecule has 0 bridgehead atoms. The Balaban J connectivity index is 2.57. The molecule has 0 aromatic heterocycles. The van der Waals surface area contributed by atoms with Gasteiger partial charge in [0.25, 0.3) is 0 Å². The molecule has 1 N–H and O–H groups in total. The molecule has 0 aromatic carbocycles. The van der Waals surface area contributed by atoms with Gasteiger partial charge < -0.3 is 10.1 Å². The zero-order valence-electron chi connectivity index (χ0n) is 13.5. The van der Waals surface area contributed by atoms with Crippen molar-refractivity contribution in [1.29, 1.82) is 0 Å². The molecule has 0 aliphatic heterocycles. The summed E-state index contributed by atoms with van der Waals surface area (Å²) in [4.78, 5) is 2.59. The summed E-state index contributed by atoms with van der Waals surface area (Å²) in [6.07, 6.45) is 6.96. The maximum absolute atomic E-state index is 5.32. The first-order valence-electron chi connectivity index (χ1n) is 8.19. The Morgan fingerprint density at radius 1 is 1.21 bits per heavy atom.